The molecule has 0 amide bonds. The van der Waals surface area contributed by atoms with Crippen molar-refractivity contribution in [3.05, 3.63) is 77.3 Å². The molecule has 0 saturated heterocycles. The molecule has 25 heavy (non-hydrogen) atoms. The van der Waals surface area contributed by atoms with Gasteiger partial charge in [-0.25, -0.2) is 18.4 Å². The Labute approximate surface area is 151 Å². The third-order valence-corrected chi connectivity index (χ3v) is 6.25. The Morgan fingerprint density at radius 3 is 2.52 bits per heavy atom. The number of fused-ring (bicyclic) bond motifs is 1. The Hall–Kier alpha value is -2.28. The van der Waals surface area contributed by atoms with Crippen LogP contribution < -0.4 is 0 Å². The van der Waals surface area contributed by atoms with Crippen LogP contribution in [0, 0.1) is 0 Å². The van der Waals surface area contributed by atoms with Gasteiger partial charge in [-0.2, -0.15) is 4.31 Å². The average molecular weight is 372 g/mol. The van der Waals surface area contributed by atoms with Gasteiger partial charge in [0.2, 0.25) is 10.0 Å². The van der Waals surface area contributed by atoms with Crippen molar-refractivity contribution in [2.24, 2.45) is 0 Å². The highest BCUT2D eigenvalue weighted by Crippen LogP contribution is 2.29. The van der Waals surface area contributed by atoms with Crippen LogP contribution in [0.25, 0.3) is 11.1 Å². The predicted octanol–water partition coefficient (Wildman–Crippen LogP) is 3.50. The standard InChI is InChI=1S/C18H14ClN3O2S/c19-16-3-1-2-14(8-16)13-4-6-17(7-5-13)25(23,24)22-10-15-9-20-12-21-18(15)11-22/h1-9,12H,10-11H2. The number of benzene rings is 2. The summed E-state index contributed by atoms with van der Waals surface area (Å²) in [5.41, 5.74) is 3.47. The van der Waals surface area contributed by atoms with E-state index in [0.717, 1.165) is 22.4 Å². The van der Waals surface area contributed by atoms with E-state index in [-0.39, 0.29) is 11.4 Å². The van der Waals surface area contributed by atoms with E-state index < -0.39 is 10.0 Å². The monoisotopic (exact) mass is 371 g/mol. The van der Waals surface area contributed by atoms with Crippen LogP contribution in [-0.4, -0.2) is 22.7 Å². The maximum atomic E-state index is 12.9. The van der Waals surface area contributed by atoms with Crippen molar-refractivity contribution in [3.8, 4) is 11.1 Å². The maximum Gasteiger partial charge on any atom is 0.243 e. The highest BCUT2D eigenvalue weighted by molar-refractivity contribution is 7.89. The van der Waals surface area contributed by atoms with Crippen LogP contribution in [0.2, 0.25) is 5.02 Å². The van der Waals surface area contributed by atoms with Crippen LogP contribution >= 0.6 is 11.6 Å². The van der Waals surface area contributed by atoms with Gasteiger partial charge in [-0.15, -0.1) is 0 Å². The summed E-state index contributed by atoms with van der Waals surface area (Å²) < 4.78 is 27.1. The summed E-state index contributed by atoms with van der Waals surface area (Å²) in [5.74, 6) is 0. The fourth-order valence-electron chi connectivity index (χ4n) is 2.88. The second-order valence-corrected chi connectivity index (χ2v) is 8.18. The molecule has 3 aromatic rings. The number of sulfonamides is 1. The molecule has 0 unspecified atom stereocenters. The largest absolute Gasteiger partial charge is 0.244 e. The molecule has 0 atom stereocenters. The zero-order valence-electron chi connectivity index (χ0n) is 13.1. The van der Waals surface area contributed by atoms with Gasteiger partial charge in [0.15, 0.2) is 0 Å². The van der Waals surface area contributed by atoms with Crippen LogP contribution in [-0.2, 0) is 23.1 Å². The number of hydrogen-bond donors (Lipinski definition) is 0. The van der Waals surface area contributed by atoms with Gasteiger partial charge in [-0.3, -0.25) is 0 Å². The molecule has 1 aromatic heterocycles. The van der Waals surface area contributed by atoms with E-state index in [1.165, 1.54) is 10.6 Å². The number of aromatic nitrogens is 2. The highest BCUT2D eigenvalue weighted by Gasteiger charge is 2.31. The minimum atomic E-state index is -3.57. The third-order valence-electron chi connectivity index (χ3n) is 4.20. The Morgan fingerprint density at radius 2 is 1.80 bits per heavy atom. The van der Waals surface area contributed by atoms with Gasteiger partial charge in [0.1, 0.15) is 6.33 Å². The molecule has 4 rings (SSSR count). The third kappa shape index (κ3) is 3.04. The molecule has 5 nitrogen and oxygen atoms in total. The van der Waals surface area contributed by atoms with Gasteiger partial charge in [0.05, 0.1) is 17.1 Å². The Balaban J connectivity index is 1.62. The van der Waals surface area contributed by atoms with E-state index in [1.54, 1.807) is 36.5 Å². The first kappa shape index (κ1) is 16.2. The zero-order valence-corrected chi connectivity index (χ0v) is 14.7. The van der Waals surface area contributed by atoms with Crippen molar-refractivity contribution in [3.63, 3.8) is 0 Å². The molecule has 7 heteroatoms. The molecular weight excluding hydrogens is 358 g/mol. The first-order chi connectivity index (χ1) is 12.0. The summed E-state index contributed by atoms with van der Waals surface area (Å²) in [4.78, 5) is 8.37. The first-order valence-corrected chi connectivity index (χ1v) is 9.50. The van der Waals surface area contributed by atoms with E-state index in [0.29, 0.717) is 11.6 Å². The molecule has 2 heterocycles. The van der Waals surface area contributed by atoms with Crippen molar-refractivity contribution < 1.29 is 8.42 Å². The van der Waals surface area contributed by atoms with Gasteiger partial charge in [0.25, 0.3) is 0 Å². The molecule has 2 aromatic carbocycles. The zero-order chi connectivity index (χ0) is 17.4. The molecule has 1 aliphatic heterocycles. The first-order valence-electron chi connectivity index (χ1n) is 7.68. The SMILES string of the molecule is O=S(=O)(c1ccc(-c2cccc(Cl)c2)cc1)N1Cc2cncnc2C1. The van der Waals surface area contributed by atoms with Crippen LogP contribution in [0.5, 0.6) is 0 Å². The predicted molar refractivity (Wildman–Crippen MR) is 95.4 cm³/mol. The number of nitrogens with zero attached hydrogens (tertiary/aromatic N) is 3. The van der Waals surface area contributed by atoms with Gasteiger partial charge >= 0.3 is 0 Å². The summed E-state index contributed by atoms with van der Waals surface area (Å²) in [6.07, 6.45) is 3.11. The van der Waals surface area contributed by atoms with Crippen LogP contribution in [0.1, 0.15) is 11.3 Å². The lowest BCUT2D eigenvalue weighted by molar-refractivity contribution is 0.429. The van der Waals surface area contributed by atoms with E-state index in [9.17, 15) is 8.42 Å². The summed E-state index contributed by atoms with van der Waals surface area (Å²) in [5, 5.41) is 0.644. The van der Waals surface area contributed by atoms with Gasteiger partial charge in [-0.1, -0.05) is 35.9 Å². The second kappa shape index (κ2) is 6.22. The van der Waals surface area contributed by atoms with Crippen LogP contribution in [0.3, 0.4) is 0 Å². The number of hydrogen-bond acceptors (Lipinski definition) is 4. The smallest absolute Gasteiger partial charge is 0.243 e. The lowest BCUT2D eigenvalue weighted by Gasteiger charge is -2.15. The van der Waals surface area contributed by atoms with E-state index in [4.69, 9.17) is 11.6 Å². The van der Waals surface area contributed by atoms with Crippen molar-refractivity contribution in [2.75, 3.05) is 0 Å². The van der Waals surface area contributed by atoms with Gasteiger partial charge in [-0.05, 0) is 35.4 Å². The topological polar surface area (TPSA) is 63.2 Å². The second-order valence-electron chi connectivity index (χ2n) is 5.80. The lowest BCUT2D eigenvalue weighted by atomic mass is 10.1. The van der Waals surface area contributed by atoms with Crippen LogP contribution in [0.4, 0.5) is 0 Å². The molecular formula is C18H14ClN3O2S. The van der Waals surface area contributed by atoms with Crippen molar-refractivity contribution >= 4 is 21.6 Å². The summed E-state index contributed by atoms with van der Waals surface area (Å²) >= 11 is 6.02. The lowest BCUT2D eigenvalue weighted by Crippen LogP contribution is -2.25. The van der Waals surface area contributed by atoms with Crippen LogP contribution in [0.15, 0.2) is 66.0 Å². The van der Waals surface area contributed by atoms with E-state index in [2.05, 4.69) is 9.97 Å². The summed E-state index contributed by atoms with van der Waals surface area (Å²) in [6.45, 7) is 0.574. The molecule has 0 N–H and O–H groups in total. The Morgan fingerprint density at radius 1 is 1.00 bits per heavy atom. The average Bonchev–Trinajstić information content (AvgIpc) is 3.07. The number of halogens is 1. The Bertz CT molecular complexity index is 1010. The molecule has 126 valence electrons. The summed E-state index contributed by atoms with van der Waals surface area (Å²) in [7, 11) is -3.57. The highest BCUT2D eigenvalue weighted by atomic mass is 35.5. The molecule has 0 fully saturated rings. The fourth-order valence-corrected chi connectivity index (χ4v) is 4.45. The van der Waals surface area contributed by atoms with Gasteiger partial charge in [0, 0.05) is 23.3 Å². The normalized spacial score (nSPS) is 14.4. The molecule has 1 aliphatic rings. The fraction of sp³-hybridized carbons (Fsp3) is 0.111. The number of rotatable bonds is 3. The molecule has 0 bridgehead atoms. The van der Waals surface area contributed by atoms with Crippen molar-refractivity contribution in [1.29, 1.82) is 0 Å². The summed E-state index contributed by atoms with van der Waals surface area (Å²) in [6, 6.07) is 14.3. The van der Waals surface area contributed by atoms with Crippen molar-refractivity contribution in [2.45, 2.75) is 18.0 Å². The quantitative estimate of drug-likeness (QED) is 0.706. The Kier molecular flexibility index (Phi) is 4.03. The van der Waals surface area contributed by atoms with E-state index in [1.807, 2.05) is 18.2 Å². The minimum absolute atomic E-state index is 0.263. The van der Waals surface area contributed by atoms with E-state index >= 15 is 0 Å². The van der Waals surface area contributed by atoms with Gasteiger partial charge < -0.3 is 0 Å². The van der Waals surface area contributed by atoms with Crippen molar-refractivity contribution in [1.82, 2.24) is 14.3 Å². The molecule has 0 radical (unpaired) electrons. The molecule has 0 aliphatic carbocycles. The molecule has 0 saturated carbocycles. The maximum absolute atomic E-state index is 12.9. The molecule has 0 spiro atoms. The minimum Gasteiger partial charge on any atom is -0.244 e.